The largest absolute Gasteiger partial charge is 0.391 e. The van der Waals surface area contributed by atoms with Gasteiger partial charge in [-0.25, -0.2) is 0 Å². The molecular formula is C12H17N3O2. The summed E-state index contributed by atoms with van der Waals surface area (Å²) < 4.78 is 0. The first kappa shape index (κ1) is 11.9. The van der Waals surface area contributed by atoms with E-state index >= 15 is 0 Å². The van der Waals surface area contributed by atoms with Crippen LogP contribution in [0.1, 0.15) is 36.2 Å². The number of amides is 1. The molecule has 0 saturated heterocycles. The third-order valence-electron chi connectivity index (χ3n) is 3.09. The number of pyridine rings is 1. The predicted molar refractivity (Wildman–Crippen MR) is 64.6 cm³/mol. The minimum absolute atomic E-state index is 0.0480. The number of anilines is 1. The molecular weight excluding hydrogens is 218 g/mol. The van der Waals surface area contributed by atoms with Crippen molar-refractivity contribution in [2.24, 2.45) is 5.73 Å². The molecule has 5 nitrogen and oxygen atoms in total. The van der Waals surface area contributed by atoms with Crippen LogP contribution in [0.3, 0.4) is 0 Å². The van der Waals surface area contributed by atoms with Crippen molar-refractivity contribution in [3.63, 3.8) is 0 Å². The highest BCUT2D eigenvalue weighted by molar-refractivity contribution is 5.91. The standard InChI is InChI=1S/C12H17N3O2/c13-12(17)10-7-8(5-6-14-10)15-9-3-1-2-4-11(9)16/h5-7,9,11,16H,1-4H2,(H2,13,17)(H,14,15)/t9-,11-/m0/s1. The lowest BCUT2D eigenvalue weighted by molar-refractivity contribution is 0.0995. The van der Waals surface area contributed by atoms with E-state index in [4.69, 9.17) is 5.73 Å². The van der Waals surface area contributed by atoms with Gasteiger partial charge >= 0.3 is 0 Å². The summed E-state index contributed by atoms with van der Waals surface area (Å²) in [6, 6.07) is 3.43. The lowest BCUT2D eigenvalue weighted by atomic mass is 9.92. The summed E-state index contributed by atoms with van der Waals surface area (Å²) in [6.45, 7) is 0. The molecule has 1 aromatic heterocycles. The number of aliphatic hydroxyl groups is 1. The lowest BCUT2D eigenvalue weighted by Gasteiger charge is -2.29. The Labute approximate surface area is 100 Å². The van der Waals surface area contributed by atoms with Gasteiger partial charge in [0.2, 0.25) is 0 Å². The maximum Gasteiger partial charge on any atom is 0.267 e. The van der Waals surface area contributed by atoms with E-state index in [1.54, 1.807) is 12.1 Å². The molecule has 1 aliphatic rings. The second-order valence-electron chi connectivity index (χ2n) is 4.40. The quantitative estimate of drug-likeness (QED) is 0.726. The Morgan fingerprint density at radius 3 is 2.94 bits per heavy atom. The Balaban J connectivity index is 2.07. The predicted octanol–water partition coefficient (Wildman–Crippen LogP) is 0.896. The molecule has 0 aromatic carbocycles. The van der Waals surface area contributed by atoms with E-state index in [0.29, 0.717) is 0 Å². The van der Waals surface area contributed by atoms with Crippen molar-refractivity contribution < 1.29 is 9.90 Å². The molecule has 5 heteroatoms. The number of nitrogens with zero attached hydrogens (tertiary/aromatic N) is 1. The third kappa shape index (κ3) is 2.94. The van der Waals surface area contributed by atoms with Crippen LogP contribution in [0.5, 0.6) is 0 Å². The third-order valence-corrected chi connectivity index (χ3v) is 3.09. The molecule has 92 valence electrons. The fourth-order valence-electron chi connectivity index (χ4n) is 2.15. The number of hydrogen-bond acceptors (Lipinski definition) is 4. The molecule has 0 spiro atoms. The van der Waals surface area contributed by atoms with Crippen LogP contribution in [0.25, 0.3) is 0 Å². The van der Waals surface area contributed by atoms with Gasteiger partial charge in [0.05, 0.1) is 12.1 Å². The minimum Gasteiger partial charge on any atom is -0.391 e. The number of aliphatic hydroxyl groups excluding tert-OH is 1. The van der Waals surface area contributed by atoms with Gasteiger partial charge < -0.3 is 16.2 Å². The van der Waals surface area contributed by atoms with Gasteiger partial charge in [-0.15, -0.1) is 0 Å². The number of carbonyl (C=O) groups excluding carboxylic acids is 1. The zero-order valence-electron chi connectivity index (χ0n) is 9.60. The Hall–Kier alpha value is -1.62. The fraction of sp³-hybridized carbons (Fsp3) is 0.500. The number of nitrogens with one attached hydrogen (secondary N) is 1. The molecule has 17 heavy (non-hydrogen) atoms. The summed E-state index contributed by atoms with van der Waals surface area (Å²) in [6.07, 6.45) is 5.16. The Morgan fingerprint density at radius 2 is 2.24 bits per heavy atom. The van der Waals surface area contributed by atoms with Gasteiger partial charge in [0.25, 0.3) is 5.91 Å². The molecule has 4 N–H and O–H groups in total. The molecule has 0 unspecified atom stereocenters. The van der Waals surface area contributed by atoms with E-state index in [0.717, 1.165) is 31.4 Å². The Kier molecular flexibility index (Phi) is 3.58. The Bertz CT molecular complexity index is 408. The molecule has 1 fully saturated rings. The number of hydrogen-bond donors (Lipinski definition) is 3. The van der Waals surface area contributed by atoms with Gasteiger partial charge in [-0.1, -0.05) is 12.8 Å². The maximum atomic E-state index is 11.0. The number of primary amides is 1. The summed E-state index contributed by atoms with van der Waals surface area (Å²) >= 11 is 0. The van der Waals surface area contributed by atoms with Crippen LogP contribution in [0.4, 0.5) is 5.69 Å². The van der Waals surface area contributed by atoms with Crippen molar-refractivity contribution in [2.45, 2.75) is 37.8 Å². The van der Waals surface area contributed by atoms with Gasteiger partial charge in [0.1, 0.15) is 5.69 Å². The smallest absolute Gasteiger partial charge is 0.267 e. The summed E-state index contributed by atoms with van der Waals surface area (Å²) in [5.41, 5.74) is 6.18. The number of nitrogens with two attached hydrogens (primary N) is 1. The molecule has 1 saturated carbocycles. The van der Waals surface area contributed by atoms with Crippen molar-refractivity contribution >= 4 is 11.6 Å². The first-order chi connectivity index (χ1) is 8.16. The molecule has 0 bridgehead atoms. The lowest BCUT2D eigenvalue weighted by Crippen LogP contribution is -2.36. The van der Waals surface area contributed by atoms with Crippen molar-refractivity contribution in [2.75, 3.05) is 5.32 Å². The van der Waals surface area contributed by atoms with Gasteiger partial charge in [0.15, 0.2) is 0 Å². The van der Waals surface area contributed by atoms with E-state index in [9.17, 15) is 9.90 Å². The second-order valence-corrected chi connectivity index (χ2v) is 4.40. The topological polar surface area (TPSA) is 88.2 Å². The first-order valence-corrected chi connectivity index (χ1v) is 5.87. The van der Waals surface area contributed by atoms with E-state index in [1.807, 2.05) is 0 Å². The molecule has 1 aliphatic carbocycles. The molecule has 0 aliphatic heterocycles. The van der Waals surface area contributed by atoms with E-state index in [-0.39, 0.29) is 17.8 Å². The molecule has 1 amide bonds. The number of carbonyl (C=O) groups is 1. The van der Waals surface area contributed by atoms with Crippen LogP contribution in [-0.4, -0.2) is 28.1 Å². The minimum atomic E-state index is -0.544. The van der Waals surface area contributed by atoms with Crippen LogP contribution in [0, 0.1) is 0 Å². The van der Waals surface area contributed by atoms with Crippen molar-refractivity contribution in [1.29, 1.82) is 0 Å². The van der Waals surface area contributed by atoms with Crippen LogP contribution < -0.4 is 11.1 Å². The summed E-state index contributed by atoms with van der Waals surface area (Å²) in [4.78, 5) is 14.9. The van der Waals surface area contributed by atoms with Crippen LogP contribution in [-0.2, 0) is 0 Å². The molecule has 0 radical (unpaired) electrons. The highest BCUT2D eigenvalue weighted by Gasteiger charge is 2.22. The second kappa shape index (κ2) is 5.14. The van der Waals surface area contributed by atoms with Crippen LogP contribution in [0.2, 0.25) is 0 Å². The highest BCUT2D eigenvalue weighted by atomic mass is 16.3. The molecule has 2 atom stereocenters. The van der Waals surface area contributed by atoms with Crippen molar-refractivity contribution in [3.05, 3.63) is 24.0 Å². The van der Waals surface area contributed by atoms with Gasteiger partial charge in [-0.05, 0) is 25.0 Å². The normalized spacial score (nSPS) is 24.3. The van der Waals surface area contributed by atoms with Crippen molar-refractivity contribution in [3.8, 4) is 0 Å². The van der Waals surface area contributed by atoms with Crippen LogP contribution in [0.15, 0.2) is 18.3 Å². The Morgan fingerprint density at radius 1 is 1.47 bits per heavy atom. The summed E-state index contributed by atoms with van der Waals surface area (Å²) in [5, 5.41) is 13.1. The van der Waals surface area contributed by atoms with Crippen molar-refractivity contribution in [1.82, 2.24) is 4.98 Å². The number of aromatic nitrogens is 1. The van der Waals surface area contributed by atoms with E-state index < -0.39 is 5.91 Å². The summed E-state index contributed by atoms with van der Waals surface area (Å²) in [5.74, 6) is -0.544. The molecule has 1 heterocycles. The zero-order chi connectivity index (χ0) is 12.3. The van der Waals surface area contributed by atoms with Crippen LogP contribution >= 0.6 is 0 Å². The van der Waals surface area contributed by atoms with Gasteiger partial charge in [0, 0.05) is 11.9 Å². The van der Waals surface area contributed by atoms with Gasteiger partial charge in [-0.2, -0.15) is 0 Å². The first-order valence-electron chi connectivity index (χ1n) is 5.87. The maximum absolute atomic E-state index is 11.0. The van der Waals surface area contributed by atoms with Gasteiger partial charge in [-0.3, -0.25) is 9.78 Å². The molecule has 2 rings (SSSR count). The summed E-state index contributed by atoms with van der Waals surface area (Å²) in [7, 11) is 0. The molecule has 1 aromatic rings. The number of rotatable bonds is 3. The SMILES string of the molecule is NC(=O)c1cc(N[C@H]2CCCC[C@@H]2O)ccn1. The van der Waals surface area contributed by atoms with E-state index in [2.05, 4.69) is 10.3 Å². The monoisotopic (exact) mass is 235 g/mol. The highest BCUT2D eigenvalue weighted by Crippen LogP contribution is 2.22. The fourth-order valence-corrected chi connectivity index (χ4v) is 2.15. The van der Waals surface area contributed by atoms with E-state index in [1.165, 1.54) is 6.20 Å². The average Bonchev–Trinajstić information content (AvgIpc) is 2.32. The zero-order valence-corrected chi connectivity index (χ0v) is 9.60. The average molecular weight is 235 g/mol.